The number of halogens is 3. The Labute approximate surface area is 174 Å². The molecule has 0 aromatic heterocycles. The second kappa shape index (κ2) is 10.1. The molecule has 0 aliphatic heterocycles. The summed E-state index contributed by atoms with van der Waals surface area (Å²) in [5, 5.41) is 0. The second-order valence-electron chi connectivity index (χ2n) is 6.85. The maximum absolute atomic E-state index is 13.6. The number of para-hydroxylation sites is 1. The molecule has 3 aromatic carbocycles. The van der Waals surface area contributed by atoms with E-state index in [-0.39, 0.29) is 12.0 Å². The lowest BCUT2D eigenvalue weighted by Crippen LogP contribution is -2.11. The molecule has 5 heteroatoms. The molecule has 3 rings (SSSR count). The molecular formula is C25H23F3O2. The summed E-state index contributed by atoms with van der Waals surface area (Å²) in [4.78, 5) is 0. The highest BCUT2D eigenvalue weighted by Crippen LogP contribution is 2.34. The van der Waals surface area contributed by atoms with Crippen LogP contribution in [0.5, 0.6) is 11.5 Å². The Kier molecular flexibility index (Phi) is 7.31. The van der Waals surface area contributed by atoms with Gasteiger partial charge < -0.3 is 9.47 Å². The number of ether oxygens (including phenoxy) is 2. The van der Waals surface area contributed by atoms with Crippen molar-refractivity contribution in [3.63, 3.8) is 0 Å². The molecule has 0 atom stereocenters. The molecule has 0 amide bonds. The van der Waals surface area contributed by atoms with Gasteiger partial charge in [-0.05, 0) is 53.8 Å². The first kappa shape index (κ1) is 21.7. The van der Waals surface area contributed by atoms with Crippen LogP contribution >= 0.6 is 0 Å². The van der Waals surface area contributed by atoms with E-state index in [1.54, 1.807) is 19.2 Å². The Morgan fingerprint density at radius 3 is 2.20 bits per heavy atom. The van der Waals surface area contributed by atoms with Gasteiger partial charge >= 0.3 is 6.18 Å². The molecule has 30 heavy (non-hydrogen) atoms. The summed E-state index contributed by atoms with van der Waals surface area (Å²) in [6, 6.07) is 23.1. The summed E-state index contributed by atoms with van der Waals surface area (Å²) in [6.07, 6.45) is -2.41. The zero-order valence-corrected chi connectivity index (χ0v) is 16.7. The van der Waals surface area contributed by atoms with Gasteiger partial charge in [-0.2, -0.15) is 13.2 Å². The van der Waals surface area contributed by atoms with Crippen LogP contribution in [-0.4, -0.2) is 13.3 Å². The number of alkyl halides is 3. The van der Waals surface area contributed by atoms with Gasteiger partial charge in [-0.3, -0.25) is 0 Å². The van der Waals surface area contributed by atoms with Gasteiger partial charge in [0.1, 0.15) is 11.5 Å². The summed E-state index contributed by atoms with van der Waals surface area (Å²) < 4.78 is 51.5. The van der Waals surface area contributed by atoms with E-state index < -0.39 is 11.7 Å². The lowest BCUT2D eigenvalue weighted by molar-refractivity contribution is -0.0690. The van der Waals surface area contributed by atoms with Crippen LogP contribution in [0.4, 0.5) is 13.2 Å². The Balaban J connectivity index is 1.70. The van der Waals surface area contributed by atoms with E-state index in [2.05, 4.69) is 0 Å². The quantitative estimate of drug-likeness (QED) is 0.389. The fourth-order valence-corrected chi connectivity index (χ4v) is 3.12. The molecule has 0 saturated heterocycles. The maximum Gasteiger partial charge on any atom is 0.416 e. The highest BCUT2D eigenvalue weighted by atomic mass is 19.4. The third kappa shape index (κ3) is 6.22. The minimum atomic E-state index is -4.42. The van der Waals surface area contributed by atoms with Crippen molar-refractivity contribution in [2.24, 2.45) is 0 Å². The van der Waals surface area contributed by atoms with Crippen molar-refractivity contribution < 1.29 is 22.6 Å². The number of rotatable bonds is 8. The minimum Gasteiger partial charge on any atom is -0.457 e. The Hall–Kier alpha value is -3.05. The third-order valence-corrected chi connectivity index (χ3v) is 4.54. The van der Waals surface area contributed by atoms with Crippen LogP contribution in [0.2, 0.25) is 0 Å². The summed E-state index contributed by atoms with van der Waals surface area (Å²) in [5.74, 6) is 1.37. The van der Waals surface area contributed by atoms with Crippen LogP contribution in [0.3, 0.4) is 0 Å². The first-order valence-electron chi connectivity index (χ1n) is 9.63. The highest BCUT2D eigenvalue weighted by molar-refractivity contribution is 5.69. The zero-order chi connectivity index (χ0) is 21.4. The van der Waals surface area contributed by atoms with E-state index in [0.717, 1.165) is 11.1 Å². The summed E-state index contributed by atoms with van der Waals surface area (Å²) in [6.45, 7) is 0.368. The second-order valence-corrected chi connectivity index (χ2v) is 6.85. The zero-order valence-electron chi connectivity index (χ0n) is 16.7. The van der Waals surface area contributed by atoms with Gasteiger partial charge in [0.25, 0.3) is 0 Å². The molecule has 0 unspecified atom stereocenters. The van der Waals surface area contributed by atoms with E-state index in [1.807, 2.05) is 54.6 Å². The largest absolute Gasteiger partial charge is 0.457 e. The molecule has 0 fully saturated rings. The maximum atomic E-state index is 13.6. The molecule has 0 radical (unpaired) electrons. The number of allylic oxidation sites excluding steroid dienone is 2. The molecule has 0 heterocycles. The van der Waals surface area contributed by atoms with Gasteiger partial charge in [0.15, 0.2) is 0 Å². The van der Waals surface area contributed by atoms with Crippen LogP contribution in [0.25, 0.3) is 5.57 Å². The highest BCUT2D eigenvalue weighted by Gasteiger charge is 2.34. The fraction of sp³-hybridized carbons (Fsp3) is 0.200. The molecule has 156 valence electrons. The lowest BCUT2D eigenvalue weighted by atomic mass is 10.0. The van der Waals surface area contributed by atoms with Crippen LogP contribution < -0.4 is 4.74 Å². The molecule has 0 N–H and O–H groups in total. The summed E-state index contributed by atoms with van der Waals surface area (Å²) in [7, 11) is 1.55. The van der Waals surface area contributed by atoms with Gasteiger partial charge in [0.05, 0.1) is 12.2 Å². The van der Waals surface area contributed by atoms with Gasteiger partial charge in [-0.25, -0.2) is 0 Å². The van der Waals surface area contributed by atoms with Crippen LogP contribution in [0.1, 0.15) is 23.1 Å². The normalized spacial score (nSPS) is 12.1. The van der Waals surface area contributed by atoms with Crippen molar-refractivity contribution in [2.45, 2.75) is 25.6 Å². The molecule has 2 nitrogen and oxygen atoms in total. The van der Waals surface area contributed by atoms with E-state index in [9.17, 15) is 13.2 Å². The monoisotopic (exact) mass is 412 g/mol. The van der Waals surface area contributed by atoms with Crippen molar-refractivity contribution >= 4 is 5.57 Å². The van der Waals surface area contributed by atoms with Gasteiger partial charge in [0.2, 0.25) is 0 Å². The molecule has 3 aromatic rings. The summed E-state index contributed by atoms with van der Waals surface area (Å²) in [5.41, 5.74) is 1.28. The fourth-order valence-electron chi connectivity index (χ4n) is 3.12. The number of benzene rings is 3. The molecule has 0 aliphatic carbocycles. The van der Waals surface area contributed by atoms with Crippen molar-refractivity contribution in [3.05, 3.63) is 102 Å². The van der Waals surface area contributed by atoms with Crippen molar-refractivity contribution in [1.82, 2.24) is 0 Å². The first-order valence-corrected chi connectivity index (χ1v) is 9.63. The number of aryl methyl sites for hydroxylation is 1. The first-order chi connectivity index (χ1) is 14.5. The standard InChI is InChI=1S/C25H23F3O2/c1-29-18-20-13-15-21(16-14-20)24(25(26,27)28)12-6-8-19-7-5-11-23(17-19)30-22-9-3-2-4-10-22/h2-5,7,9-17H,6,8,18H2,1H3/b24-12+. The smallest absolute Gasteiger partial charge is 0.416 e. The molecule has 0 spiro atoms. The van der Waals surface area contributed by atoms with E-state index in [4.69, 9.17) is 9.47 Å². The van der Waals surface area contributed by atoms with Crippen molar-refractivity contribution in [2.75, 3.05) is 7.11 Å². The van der Waals surface area contributed by atoms with Crippen molar-refractivity contribution in [3.8, 4) is 11.5 Å². The third-order valence-electron chi connectivity index (χ3n) is 4.54. The molecule has 0 aliphatic rings. The van der Waals surface area contributed by atoms with Crippen molar-refractivity contribution in [1.29, 1.82) is 0 Å². The van der Waals surface area contributed by atoms with Crippen LogP contribution in [0.15, 0.2) is 84.9 Å². The Bertz CT molecular complexity index is 962. The van der Waals surface area contributed by atoms with Gasteiger partial charge in [-0.15, -0.1) is 0 Å². The topological polar surface area (TPSA) is 18.5 Å². The van der Waals surface area contributed by atoms with E-state index >= 15 is 0 Å². The average molecular weight is 412 g/mol. The minimum absolute atomic E-state index is 0.156. The molecule has 0 bridgehead atoms. The average Bonchev–Trinajstić information content (AvgIpc) is 2.72. The number of hydrogen-bond acceptors (Lipinski definition) is 2. The Morgan fingerprint density at radius 2 is 1.53 bits per heavy atom. The Morgan fingerprint density at radius 1 is 0.833 bits per heavy atom. The predicted molar refractivity (Wildman–Crippen MR) is 112 cm³/mol. The van der Waals surface area contributed by atoms with E-state index in [0.29, 0.717) is 24.5 Å². The predicted octanol–water partition coefficient (Wildman–Crippen LogP) is 7.20. The SMILES string of the molecule is COCc1ccc(/C(=C\CCc2cccc(Oc3ccccc3)c2)C(F)(F)F)cc1. The van der Waals surface area contributed by atoms with Crippen LogP contribution in [0, 0.1) is 0 Å². The number of methoxy groups -OCH3 is 1. The molecular weight excluding hydrogens is 389 g/mol. The van der Waals surface area contributed by atoms with E-state index in [1.165, 1.54) is 18.2 Å². The van der Waals surface area contributed by atoms with Gasteiger partial charge in [-0.1, -0.05) is 60.7 Å². The summed E-state index contributed by atoms with van der Waals surface area (Å²) >= 11 is 0. The van der Waals surface area contributed by atoms with Gasteiger partial charge in [0, 0.05) is 7.11 Å². The van der Waals surface area contributed by atoms with Crippen LogP contribution in [-0.2, 0) is 17.8 Å². The number of hydrogen-bond donors (Lipinski definition) is 0. The molecule has 0 saturated carbocycles. The lowest BCUT2D eigenvalue weighted by Gasteiger charge is -2.13.